The van der Waals surface area contributed by atoms with Gasteiger partial charge in [0.1, 0.15) is 0 Å². The number of hydrogen-bond acceptors (Lipinski definition) is 3. The molecule has 1 aromatic rings. The molecule has 16 heavy (non-hydrogen) atoms. The standard InChI is InChI=1S/C12H20N2OS/c1-4-5-10-8-11(15)14-12(13-10)16-7-6-9(2)3/h8-9H,4-7H2,1-3H3,(H,13,14,15). The Labute approximate surface area is 101 Å². The van der Waals surface area contributed by atoms with Gasteiger partial charge in [-0.1, -0.05) is 39.0 Å². The largest absolute Gasteiger partial charge is 0.301 e. The van der Waals surface area contributed by atoms with Crippen LogP contribution >= 0.6 is 11.8 Å². The van der Waals surface area contributed by atoms with E-state index >= 15 is 0 Å². The first kappa shape index (κ1) is 13.3. The Balaban J connectivity index is 2.61. The van der Waals surface area contributed by atoms with Crippen molar-refractivity contribution in [2.24, 2.45) is 5.92 Å². The Morgan fingerprint density at radius 3 is 2.88 bits per heavy atom. The summed E-state index contributed by atoms with van der Waals surface area (Å²) >= 11 is 1.64. The van der Waals surface area contributed by atoms with Crippen LogP contribution in [0.1, 0.15) is 39.3 Å². The summed E-state index contributed by atoms with van der Waals surface area (Å²) in [6, 6.07) is 1.59. The van der Waals surface area contributed by atoms with Crippen molar-refractivity contribution in [2.75, 3.05) is 5.75 Å². The summed E-state index contributed by atoms with van der Waals surface area (Å²) in [6.07, 6.45) is 3.04. The Morgan fingerprint density at radius 1 is 1.50 bits per heavy atom. The number of aryl methyl sites for hydroxylation is 1. The molecule has 0 unspecified atom stereocenters. The molecule has 1 N–H and O–H groups in total. The fraction of sp³-hybridized carbons (Fsp3) is 0.667. The van der Waals surface area contributed by atoms with E-state index in [2.05, 4.69) is 30.7 Å². The number of thioether (sulfide) groups is 1. The van der Waals surface area contributed by atoms with Crippen LogP contribution in [0.3, 0.4) is 0 Å². The molecule has 0 saturated carbocycles. The lowest BCUT2D eigenvalue weighted by molar-refractivity contribution is 0.631. The summed E-state index contributed by atoms with van der Waals surface area (Å²) in [7, 11) is 0. The van der Waals surface area contributed by atoms with Gasteiger partial charge in [0, 0.05) is 17.5 Å². The van der Waals surface area contributed by atoms with Gasteiger partial charge < -0.3 is 4.98 Å². The van der Waals surface area contributed by atoms with Crippen molar-refractivity contribution < 1.29 is 0 Å². The molecule has 0 fully saturated rings. The molecule has 0 aliphatic heterocycles. The quantitative estimate of drug-likeness (QED) is 0.614. The highest BCUT2D eigenvalue weighted by Gasteiger charge is 2.02. The second-order valence-electron chi connectivity index (χ2n) is 4.32. The van der Waals surface area contributed by atoms with E-state index in [0.717, 1.165) is 35.9 Å². The van der Waals surface area contributed by atoms with Gasteiger partial charge in [-0.05, 0) is 18.8 Å². The van der Waals surface area contributed by atoms with E-state index in [1.807, 2.05) is 0 Å². The first-order valence-electron chi connectivity index (χ1n) is 5.85. The zero-order valence-electron chi connectivity index (χ0n) is 10.2. The number of nitrogens with one attached hydrogen (secondary N) is 1. The van der Waals surface area contributed by atoms with Crippen molar-refractivity contribution in [3.8, 4) is 0 Å². The summed E-state index contributed by atoms with van der Waals surface area (Å²) in [5.74, 6) is 1.70. The van der Waals surface area contributed by atoms with E-state index in [1.54, 1.807) is 17.8 Å². The maximum atomic E-state index is 11.4. The van der Waals surface area contributed by atoms with Gasteiger partial charge in [-0.3, -0.25) is 4.79 Å². The summed E-state index contributed by atoms with van der Waals surface area (Å²) in [6.45, 7) is 6.49. The zero-order chi connectivity index (χ0) is 12.0. The van der Waals surface area contributed by atoms with Gasteiger partial charge in [-0.15, -0.1) is 0 Å². The molecule has 1 aromatic heterocycles. The Morgan fingerprint density at radius 2 is 2.25 bits per heavy atom. The van der Waals surface area contributed by atoms with Crippen molar-refractivity contribution in [3.63, 3.8) is 0 Å². The third-order valence-electron chi connectivity index (χ3n) is 2.21. The van der Waals surface area contributed by atoms with Crippen LogP contribution in [0.5, 0.6) is 0 Å². The van der Waals surface area contributed by atoms with Crippen LogP contribution in [0, 0.1) is 5.92 Å². The maximum absolute atomic E-state index is 11.4. The number of aromatic nitrogens is 2. The smallest absolute Gasteiger partial charge is 0.251 e. The second kappa shape index (κ2) is 6.74. The van der Waals surface area contributed by atoms with Gasteiger partial charge in [-0.2, -0.15) is 0 Å². The second-order valence-corrected chi connectivity index (χ2v) is 5.41. The van der Waals surface area contributed by atoms with Crippen molar-refractivity contribution >= 4 is 11.8 Å². The van der Waals surface area contributed by atoms with Crippen LogP contribution in [-0.4, -0.2) is 15.7 Å². The highest BCUT2D eigenvalue weighted by Crippen LogP contribution is 2.15. The molecule has 0 aliphatic rings. The minimum atomic E-state index is -0.0366. The fourth-order valence-electron chi connectivity index (χ4n) is 1.33. The van der Waals surface area contributed by atoms with E-state index < -0.39 is 0 Å². The SMILES string of the molecule is CCCc1cc(=O)[nH]c(SCCC(C)C)n1. The van der Waals surface area contributed by atoms with Gasteiger partial charge in [0.25, 0.3) is 5.56 Å². The van der Waals surface area contributed by atoms with Crippen LogP contribution in [0.4, 0.5) is 0 Å². The van der Waals surface area contributed by atoms with Crippen LogP contribution < -0.4 is 5.56 Å². The van der Waals surface area contributed by atoms with Crippen LogP contribution in [0.25, 0.3) is 0 Å². The lowest BCUT2D eigenvalue weighted by Gasteiger charge is -2.05. The molecule has 1 rings (SSSR count). The Bertz CT molecular complexity index is 374. The molecule has 3 nitrogen and oxygen atoms in total. The molecule has 0 spiro atoms. The fourth-order valence-corrected chi connectivity index (χ4v) is 2.46. The normalized spacial score (nSPS) is 11.0. The predicted molar refractivity (Wildman–Crippen MR) is 69.0 cm³/mol. The van der Waals surface area contributed by atoms with E-state index in [9.17, 15) is 4.79 Å². The highest BCUT2D eigenvalue weighted by atomic mass is 32.2. The topological polar surface area (TPSA) is 45.8 Å². The number of H-pyrrole nitrogens is 1. The van der Waals surface area contributed by atoms with Gasteiger partial charge in [0.2, 0.25) is 0 Å². The minimum Gasteiger partial charge on any atom is -0.301 e. The van der Waals surface area contributed by atoms with E-state index in [-0.39, 0.29) is 5.56 Å². The lowest BCUT2D eigenvalue weighted by Crippen LogP contribution is -2.10. The molecule has 0 bridgehead atoms. The zero-order valence-corrected chi connectivity index (χ0v) is 11.1. The van der Waals surface area contributed by atoms with Gasteiger partial charge in [-0.25, -0.2) is 4.98 Å². The van der Waals surface area contributed by atoms with Crippen LogP contribution in [0.2, 0.25) is 0 Å². The number of hydrogen-bond donors (Lipinski definition) is 1. The monoisotopic (exact) mass is 240 g/mol. The summed E-state index contributed by atoms with van der Waals surface area (Å²) in [5, 5.41) is 0.761. The van der Waals surface area contributed by atoms with E-state index in [1.165, 1.54) is 0 Å². The average molecular weight is 240 g/mol. The molecule has 0 amide bonds. The van der Waals surface area contributed by atoms with Crippen molar-refractivity contribution in [1.82, 2.24) is 9.97 Å². The Kier molecular flexibility index (Phi) is 5.60. The molecule has 1 heterocycles. The molecule has 0 radical (unpaired) electrons. The highest BCUT2D eigenvalue weighted by molar-refractivity contribution is 7.99. The van der Waals surface area contributed by atoms with E-state index in [4.69, 9.17) is 0 Å². The first-order chi connectivity index (χ1) is 7.61. The van der Waals surface area contributed by atoms with Gasteiger partial charge >= 0.3 is 0 Å². The van der Waals surface area contributed by atoms with Crippen molar-refractivity contribution in [1.29, 1.82) is 0 Å². The molecular formula is C12H20N2OS. The summed E-state index contributed by atoms with van der Waals surface area (Å²) in [4.78, 5) is 18.6. The Hall–Kier alpha value is -0.770. The summed E-state index contributed by atoms with van der Waals surface area (Å²) in [5.41, 5.74) is 0.865. The average Bonchev–Trinajstić information content (AvgIpc) is 2.16. The number of rotatable bonds is 6. The number of nitrogens with zero attached hydrogens (tertiary/aromatic N) is 1. The van der Waals surface area contributed by atoms with Gasteiger partial charge in [0.15, 0.2) is 5.16 Å². The molecule has 0 aliphatic carbocycles. The molecule has 4 heteroatoms. The third-order valence-corrected chi connectivity index (χ3v) is 3.12. The third kappa shape index (κ3) is 4.84. The van der Waals surface area contributed by atoms with Gasteiger partial charge in [0.05, 0.1) is 0 Å². The maximum Gasteiger partial charge on any atom is 0.251 e. The number of aromatic amines is 1. The minimum absolute atomic E-state index is 0.0366. The summed E-state index contributed by atoms with van der Waals surface area (Å²) < 4.78 is 0. The predicted octanol–water partition coefficient (Wildman–Crippen LogP) is 2.86. The molecule has 0 atom stereocenters. The van der Waals surface area contributed by atoms with Crippen molar-refractivity contribution in [3.05, 3.63) is 22.1 Å². The first-order valence-corrected chi connectivity index (χ1v) is 6.83. The van der Waals surface area contributed by atoms with E-state index in [0.29, 0.717) is 5.92 Å². The van der Waals surface area contributed by atoms with Crippen LogP contribution in [0.15, 0.2) is 16.0 Å². The molecule has 90 valence electrons. The lowest BCUT2D eigenvalue weighted by atomic mass is 10.2. The van der Waals surface area contributed by atoms with Crippen molar-refractivity contribution in [2.45, 2.75) is 45.2 Å². The molecular weight excluding hydrogens is 220 g/mol. The molecule has 0 aromatic carbocycles. The van der Waals surface area contributed by atoms with Crippen LogP contribution in [-0.2, 0) is 6.42 Å². The molecule has 0 saturated heterocycles.